The first-order valence-electron chi connectivity index (χ1n) is 3.23. The van der Waals surface area contributed by atoms with Gasteiger partial charge in [-0.15, -0.1) is 6.42 Å². The Kier molecular flexibility index (Phi) is 2.25. The van der Waals surface area contributed by atoms with Gasteiger partial charge in [0, 0.05) is 12.1 Å². The second-order valence-corrected chi connectivity index (χ2v) is 2.13. The molecule has 0 amide bonds. The molecule has 0 radical (unpaired) electrons. The summed E-state index contributed by atoms with van der Waals surface area (Å²) in [4.78, 5) is 0. The van der Waals surface area contributed by atoms with Gasteiger partial charge in [0.05, 0.1) is 5.56 Å². The molecule has 1 aromatic rings. The molecule has 0 aliphatic heterocycles. The Morgan fingerprint density at radius 3 is 2.82 bits per heavy atom. The van der Waals surface area contributed by atoms with Crippen LogP contribution in [-0.4, -0.2) is 0 Å². The fourth-order valence-corrected chi connectivity index (χ4v) is 0.849. The van der Waals surface area contributed by atoms with Crippen LogP contribution in [0, 0.1) is 18.2 Å². The van der Waals surface area contributed by atoms with Gasteiger partial charge >= 0.3 is 0 Å². The molecule has 1 rings (SSSR count). The summed E-state index contributed by atoms with van der Waals surface area (Å²) < 4.78 is 13.1. The third kappa shape index (κ3) is 1.39. The molecule has 0 bridgehead atoms. The zero-order valence-corrected chi connectivity index (χ0v) is 5.97. The summed E-state index contributed by atoms with van der Waals surface area (Å²) in [5, 5.41) is 0. The van der Waals surface area contributed by atoms with Crippen LogP contribution in [0.5, 0.6) is 0 Å². The molecule has 2 N–H and O–H groups in total. The lowest BCUT2D eigenvalue weighted by atomic mass is 10.1. The molecule has 56 valence electrons. The molecule has 0 aliphatic carbocycles. The average molecular weight is 149 g/mol. The Morgan fingerprint density at radius 1 is 1.55 bits per heavy atom. The lowest BCUT2D eigenvalue weighted by molar-refractivity contribution is 0.607. The topological polar surface area (TPSA) is 26.0 Å². The molecule has 0 fully saturated rings. The zero-order valence-electron chi connectivity index (χ0n) is 5.97. The summed E-state index contributed by atoms with van der Waals surface area (Å²) in [6, 6.07) is 4.87. The molecule has 0 saturated carbocycles. The Labute approximate surface area is 65.0 Å². The second kappa shape index (κ2) is 3.18. The molecule has 0 spiro atoms. The lowest BCUT2D eigenvalue weighted by Gasteiger charge is -1.99. The van der Waals surface area contributed by atoms with Crippen molar-refractivity contribution in [3.8, 4) is 12.3 Å². The monoisotopic (exact) mass is 149 g/mol. The molecule has 0 aromatic heterocycles. The fourth-order valence-electron chi connectivity index (χ4n) is 0.849. The van der Waals surface area contributed by atoms with Crippen molar-refractivity contribution in [3.05, 3.63) is 35.1 Å². The summed E-state index contributed by atoms with van der Waals surface area (Å²) in [5.74, 6) is 1.86. The third-order valence-corrected chi connectivity index (χ3v) is 1.45. The highest BCUT2D eigenvalue weighted by Gasteiger charge is 2.02. The average Bonchev–Trinajstić information content (AvgIpc) is 2.05. The van der Waals surface area contributed by atoms with Crippen LogP contribution in [0.15, 0.2) is 18.2 Å². The standard InChI is InChI=1S/C9H8FN/c1-2-7-4-3-5-8(6-11)9(7)10/h1,3-5H,6,11H2. The van der Waals surface area contributed by atoms with Gasteiger partial charge in [0.25, 0.3) is 0 Å². The molecule has 11 heavy (non-hydrogen) atoms. The van der Waals surface area contributed by atoms with Crippen molar-refractivity contribution < 1.29 is 4.39 Å². The van der Waals surface area contributed by atoms with Crippen molar-refractivity contribution in [1.82, 2.24) is 0 Å². The van der Waals surface area contributed by atoms with Crippen molar-refractivity contribution in [2.24, 2.45) is 5.73 Å². The van der Waals surface area contributed by atoms with Gasteiger partial charge in [-0.05, 0) is 6.07 Å². The lowest BCUT2D eigenvalue weighted by Crippen LogP contribution is -2.00. The van der Waals surface area contributed by atoms with Crippen LogP contribution >= 0.6 is 0 Å². The summed E-state index contributed by atoms with van der Waals surface area (Å²) in [7, 11) is 0. The highest BCUT2D eigenvalue weighted by molar-refractivity contribution is 5.37. The Bertz CT molecular complexity index is 299. The van der Waals surface area contributed by atoms with E-state index in [-0.39, 0.29) is 17.9 Å². The van der Waals surface area contributed by atoms with E-state index in [9.17, 15) is 4.39 Å². The fraction of sp³-hybridized carbons (Fsp3) is 0.111. The van der Waals surface area contributed by atoms with Gasteiger partial charge in [-0.25, -0.2) is 4.39 Å². The van der Waals surface area contributed by atoms with E-state index in [4.69, 9.17) is 12.2 Å². The van der Waals surface area contributed by atoms with Gasteiger partial charge in [0.15, 0.2) is 0 Å². The van der Waals surface area contributed by atoms with E-state index < -0.39 is 0 Å². The van der Waals surface area contributed by atoms with Gasteiger partial charge in [-0.1, -0.05) is 18.1 Å². The van der Waals surface area contributed by atoms with Crippen LogP contribution in [0.3, 0.4) is 0 Å². The highest BCUT2D eigenvalue weighted by atomic mass is 19.1. The molecule has 0 saturated heterocycles. The summed E-state index contributed by atoms with van der Waals surface area (Å²) >= 11 is 0. The molecule has 2 heteroatoms. The second-order valence-electron chi connectivity index (χ2n) is 2.13. The van der Waals surface area contributed by atoms with E-state index in [1.165, 1.54) is 0 Å². The maximum absolute atomic E-state index is 13.1. The first kappa shape index (κ1) is 7.77. The van der Waals surface area contributed by atoms with Gasteiger partial charge in [-0.3, -0.25) is 0 Å². The molecular weight excluding hydrogens is 141 g/mol. The third-order valence-electron chi connectivity index (χ3n) is 1.45. The first-order chi connectivity index (χ1) is 5.29. The van der Waals surface area contributed by atoms with E-state index in [1.54, 1.807) is 18.2 Å². The van der Waals surface area contributed by atoms with E-state index in [0.717, 1.165) is 0 Å². The van der Waals surface area contributed by atoms with Crippen LogP contribution in [0.1, 0.15) is 11.1 Å². The van der Waals surface area contributed by atoms with Crippen LogP contribution in [0.4, 0.5) is 4.39 Å². The molecular formula is C9H8FN. The van der Waals surface area contributed by atoms with Gasteiger partial charge in [0.2, 0.25) is 0 Å². The van der Waals surface area contributed by atoms with E-state index in [0.29, 0.717) is 5.56 Å². The first-order valence-corrected chi connectivity index (χ1v) is 3.23. The summed E-state index contributed by atoms with van der Waals surface area (Å²) in [6.07, 6.45) is 5.04. The Morgan fingerprint density at radius 2 is 2.27 bits per heavy atom. The molecule has 0 aliphatic rings. The molecule has 1 nitrogen and oxygen atoms in total. The van der Waals surface area contributed by atoms with E-state index >= 15 is 0 Å². The number of benzene rings is 1. The van der Waals surface area contributed by atoms with E-state index in [2.05, 4.69) is 5.92 Å². The maximum atomic E-state index is 13.1. The number of hydrogen-bond donors (Lipinski definition) is 1. The molecule has 1 aromatic carbocycles. The quantitative estimate of drug-likeness (QED) is 0.598. The molecule has 0 unspecified atom stereocenters. The van der Waals surface area contributed by atoms with Crippen molar-refractivity contribution >= 4 is 0 Å². The number of hydrogen-bond acceptors (Lipinski definition) is 1. The smallest absolute Gasteiger partial charge is 0.143 e. The van der Waals surface area contributed by atoms with Gasteiger partial charge < -0.3 is 5.73 Å². The van der Waals surface area contributed by atoms with Crippen LogP contribution in [0.25, 0.3) is 0 Å². The van der Waals surface area contributed by atoms with Crippen molar-refractivity contribution in [1.29, 1.82) is 0 Å². The highest BCUT2D eigenvalue weighted by Crippen LogP contribution is 2.10. The predicted molar refractivity (Wildman–Crippen MR) is 42.2 cm³/mol. The normalized spacial score (nSPS) is 9.18. The number of rotatable bonds is 1. The van der Waals surface area contributed by atoms with E-state index in [1.807, 2.05) is 0 Å². The van der Waals surface area contributed by atoms with Crippen LogP contribution in [-0.2, 0) is 6.54 Å². The Balaban J connectivity index is 3.23. The summed E-state index contributed by atoms with van der Waals surface area (Å²) in [6.45, 7) is 0.182. The van der Waals surface area contributed by atoms with Gasteiger partial charge in [0.1, 0.15) is 5.82 Å². The van der Waals surface area contributed by atoms with Crippen molar-refractivity contribution in [2.75, 3.05) is 0 Å². The van der Waals surface area contributed by atoms with Crippen molar-refractivity contribution in [2.45, 2.75) is 6.54 Å². The Hall–Kier alpha value is -1.33. The van der Waals surface area contributed by atoms with Crippen LogP contribution < -0.4 is 5.73 Å². The number of nitrogens with two attached hydrogens (primary N) is 1. The maximum Gasteiger partial charge on any atom is 0.143 e. The number of terminal acetylenes is 1. The minimum absolute atomic E-state index is 0.182. The largest absolute Gasteiger partial charge is 0.326 e. The van der Waals surface area contributed by atoms with Crippen LogP contribution in [0.2, 0.25) is 0 Å². The van der Waals surface area contributed by atoms with Crippen molar-refractivity contribution in [3.63, 3.8) is 0 Å². The predicted octanol–water partition coefficient (Wildman–Crippen LogP) is 1.27. The minimum Gasteiger partial charge on any atom is -0.326 e. The SMILES string of the molecule is C#Cc1cccc(CN)c1F. The zero-order chi connectivity index (χ0) is 8.27. The molecule has 0 atom stereocenters. The summed E-state index contributed by atoms with van der Waals surface area (Å²) in [5.41, 5.74) is 6.00. The minimum atomic E-state index is -0.377. The number of halogens is 1. The molecule has 0 heterocycles. The van der Waals surface area contributed by atoms with Gasteiger partial charge in [-0.2, -0.15) is 0 Å².